The zero-order valence-corrected chi connectivity index (χ0v) is 14.7. The maximum atomic E-state index is 12.8. The topological polar surface area (TPSA) is 32.3 Å². The van der Waals surface area contributed by atoms with Crippen molar-refractivity contribution in [3.63, 3.8) is 0 Å². The maximum absolute atomic E-state index is 12.8. The van der Waals surface area contributed by atoms with Crippen LogP contribution in [0.25, 0.3) is 5.57 Å². The zero-order chi connectivity index (χ0) is 15.3. The SMILES string of the molecule is CC1(C)C=C(C(=O)NC2CN3CCC2CC3)c2ccccc21.Cl. The fourth-order valence-electron chi connectivity index (χ4n) is 4.36. The van der Waals surface area contributed by atoms with Crippen molar-refractivity contribution >= 4 is 23.9 Å². The molecule has 1 N–H and O–H groups in total. The van der Waals surface area contributed by atoms with Gasteiger partial charge in [0.05, 0.1) is 0 Å². The average molecular weight is 333 g/mol. The van der Waals surface area contributed by atoms with E-state index in [2.05, 4.69) is 48.3 Å². The number of carbonyl (C=O) groups is 1. The first-order valence-corrected chi connectivity index (χ1v) is 8.40. The first-order chi connectivity index (χ1) is 10.5. The van der Waals surface area contributed by atoms with Crippen LogP contribution >= 0.6 is 12.4 Å². The summed E-state index contributed by atoms with van der Waals surface area (Å²) in [6, 6.07) is 8.62. The van der Waals surface area contributed by atoms with E-state index in [9.17, 15) is 4.79 Å². The van der Waals surface area contributed by atoms with E-state index in [0.29, 0.717) is 12.0 Å². The number of hydrogen-bond donors (Lipinski definition) is 1. The van der Waals surface area contributed by atoms with Gasteiger partial charge >= 0.3 is 0 Å². The number of rotatable bonds is 2. The fourth-order valence-corrected chi connectivity index (χ4v) is 4.36. The van der Waals surface area contributed by atoms with E-state index < -0.39 is 0 Å². The molecule has 1 aromatic rings. The average Bonchev–Trinajstić information content (AvgIpc) is 2.81. The van der Waals surface area contributed by atoms with Crippen LogP contribution in [-0.4, -0.2) is 36.5 Å². The molecule has 3 nitrogen and oxygen atoms in total. The number of piperidine rings is 3. The zero-order valence-electron chi connectivity index (χ0n) is 13.8. The largest absolute Gasteiger partial charge is 0.348 e. The monoisotopic (exact) mass is 332 g/mol. The van der Waals surface area contributed by atoms with Crippen molar-refractivity contribution in [3.05, 3.63) is 41.5 Å². The summed E-state index contributed by atoms with van der Waals surface area (Å²) in [6.07, 6.45) is 4.59. The van der Waals surface area contributed by atoms with E-state index in [1.54, 1.807) is 0 Å². The molecule has 124 valence electrons. The van der Waals surface area contributed by atoms with Crippen LogP contribution in [-0.2, 0) is 10.2 Å². The highest BCUT2D eigenvalue weighted by Crippen LogP contribution is 2.40. The van der Waals surface area contributed by atoms with Gasteiger partial charge in [-0.25, -0.2) is 0 Å². The number of benzene rings is 1. The molecule has 2 bridgehead atoms. The molecule has 1 amide bonds. The molecule has 1 atom stereocenters. The first-order valence-electron chi connectivity index (χ1n) is 8.40. The number of nitrogens with one attached hydrogen (secondary N) is 1. The lowest BCUT2D eigenvalue weighted by Crippen LogP contribution is -2.57. The van der Waals surface area contributed by atoms with E-state index in [4.69, 9.17) is 0 Å². The molecule has 3 heterocycles. The summed E-state index contributed by atoms with van der Waals surface area (Å²) in [5.74, 6) is 0.774. The minimum absolute atomic E-state index is 0. The van der Waals surface area contributed by atoms with Gasteiger partial charge in [-0.1, -0.05) is 44.2 Å². The van der Waals surface area contributed by atoms with Gasteiger partial charge in [-0.2, -0.15) is 0 Å². The molecule has 1 aromatic carbocycles. The highest BCUT2D eigenvalue weighted by atomic mass is 35.5. The molecular formula is C19H25ClN2O. The van der Waals surface area contributed by atoms with E-state index in [1.165, 1.54) is 31.5 Å². The lowest BCUT2D eigenvalue weighted by atomic mass is 9.84. The van der Waals surface area contributed by atoms with Gasteiger partial charge in [-0.3, -0.25) is 4.79 Å². The number of amides is 1. The molecule has 0 aromatic heterocycles. The van der Waals surface area contributed by atoms with Gasteiger partial charge in [-0.05, 0) is 43.0 Å². The second-order valence-corrected chi connectivity index (χ2v) is 7.54. The Hall–Kier alpha value is -1.32. The van der Waals surface area contributed by atoms with E-state index in [0.717, 1.165) is 17.7 Å². The highest BCUT2D eigenvalue weighted by Gasteiger charge is 2.37. The lowest BCUT2D eigenvalue weighted by Gasteiger charge is -2.45. The number of fused-ring (bicyclic) bond motifs is 4. The van der Waals surface area contributed by atoms with E-state index >= 15 is 0 Å². The standard InChI is InChI=1S/C19H24N2O.ClH/c1-19(2)11-15(14-5-3-4-6-16(14)19)18(22)20-17-12-21-9-7-13(17)8-10-21;/h3-6,11,13,17H,7-10,12H2,1-2H3,(H,20,22);1H. The molecule has 0 saturated carbocycles. The summed E-state index contributed by atoms with van der Waals surface area (Å²) in [5, 5.41) is 3.32. The summed E-state index contributed by atoms with van der Waals surface area (Å²) in [4.78, 5) is 15.3. The molecule has 1 aliphatic carbocycles. The predicted molar refractivity (Wildman–Crippen MR) is 95.8 cm³/mol. The lowest BCUT2D eigenvalue weighted by molar-refractivity contribution is -0.117. The third-order valence-electron chi connectivity index (χ3n) is 5.63. The smallest absolute Gasteiger partial charge is 0.251 e. The molecule has 0 radical (unpaired) electrons. The minimum Gasteiger partial charge on any atom is -0.348 e. The van der Waals surface area contributed by atoms with Gasteiger partial charge < -0.3 is 10.2 Å². The Bertz CT molecular complexity index is 645. The summed E-state index contributed by atoms with van der Waals surface area (Å²) in [5.41, 5.74) is 3.16. The van der Waals surface area contributed by atoms with Gasteiger partial charge in [-0.15, -0.1) is 12.4 Å². The molecular weight excluding hydrogens is 308 g/mol. The van der Waals surface area contributed by atoms with Crippen molar-refractivity contribution in [1.82, 2.24) is 10.2 Å². The molecule has 3 aliphatic heterocycles. The quantitative estimate of drug-likeness (QED) is 0.903. The molecule has 0 spiro atoms. The van der Waals surface area contributed by atoms with Crippen LogP contribution in [0.15, 0.2) is 30.3 Å². The van der Waals surface area contributed by atoms with Crippen molar-refractivity contribution < 1.29 is 4.79 Å². The first kappa shape index (κ1) is 16.5. The molecule has 3 saturated heterocycles. The molecule has 4 heteroatoms. The van der Waals surface area contributed by atoms with Crippen LogP contribution in [0.5, 0.6) is 0 Å². The third-order valence-corrected chi connectivity index (χ3v) is 5.63. The number of hydrogen-bond acceptors (Lipinski definition) is 2. The van der Waals surface area contributed by atoms with Crippen LogP contribution in [0.2, 0.25) is 0 Å². The van der Waals surface area contributed by atoms with Gasteiger partial charge in [0.2, 0.25) is 0 Å². The molecule has 1 unspecified atom stereocenters. The Morgan fingerprint density at radius 2 is 1.91 bits per heavy atom. The molecule has 3 fully saturated rings. The van der Waals surface area contributed by atoms with Gasteiger partial charge in [0.15, 0.2) is 0 Å². The summed E-state index contributed by atoms with van der Waals surface area (Å²) in [7, 11) is 0. The second kappa shape index (κ2) is 5.95. The number of halogens is 1. The normalized spacial score (nSPS) is 30.2. The van der Waals surface area contributed by atoms with Crippen molar-refractivity contribution in [2.24, 2.45) is 5.92 Å². The molecule has 4 aliphatic rings. The number of carbonyl (C=O) groups excluding carboxylic acids is 1. The summed E-state index contributed by atoms with van der Waals surface area (Å²) in [6.45, 7) is 7.79. The molecule has 23 heavy (non-hydrogen) atoms. The molecule has 5 rings (SSSR count). The Labute approximate surface area is 144 Å². The predicted octanol–water partition coefficient (Wildman–Crippen LogP) is 2.99. The van der Waals surface area contributed by atoms with Crippen LogP contribution < -0.4 is 5.32 Å². The maximum Gasteiger partial charge on any atom is 0.251 e. The highest BCUT2D eigenvalue weighted by molar-refractivity contribution is 6.21. The summed E-state index contributed by atoms with van der Waals surface area (Å²) < 4.78 is 0. The van der Waals surface area contributed by atoms with Crippen LogP contribution in [0.1, 0.15) is 37.8 Å². The van der Waals surface area contributed by atoms with Crippen molar-refractivity contribution in [2.75, 3.05) is 19.6 Å². The Morgan fingerprint density at radius 3 is 2.57 bits per heavy atom. The van der Waals surface area contributed by atoms with Crippen molar-refractivity contribution in [1.29, 1.82) is 0 Å². The van der Waals surface area contributed by atoms with Gasteiger partial charge in [0.25, 0.3) is 5.91 Å². The second-order valence-electron chi connectivity index (χ2n) is 7.54. The van der Waals surface area contributed by atoms with Crippen molar-refractivity contribution in [2.45, 2.75) is 38.1 Å². The third kappa shape index (κ3) is 2.81. The summed E-state index contributed by atoms with van der Waals surface area (Å²) >= 11 is 0. The number of nitrogens with zero attached hydrogens (tertiary/aromatic N) is 1. The van der Waals surface area contributed by atoms with E-state index in [1.807, 2.05) is 6.07 Å². The van der Waals surface area contributed by atoms with Crippen molar-refractivity contribution in [3.8, 4) is 0 Å². The Kier molecular flexibility index (Phi) is 4.28. The van der Waals surface area contributed by atoms with Crippen LogP contribution in [0.4, 0.5) is 0 Å². The van der Waals surface area contributed by atoms with Crippen LogP contribution in [0, 0.1) is 5.92 Å². The number of allylic oxidation sites excluding steroid dienone is 1. The minimum atomic E-state index is -0.0572. The fraction of sp³-hybridized carbons (Fsp3) is 0.526. The van der Waals surface area contributed by atoms with Gasteiger partial charge in [0, 0.05) is 23.6 Å². The Balaban J connectivity index is 0.00000156. The van der Waals surface area contributed by atoms with E-state index in [-0.39, 0.29) is 23.7 Å². The van der Waals surface area contributed by atoms with Crippen LogP contribution in [0.3, 0.4) is 0 Å². The van der Waals surface area contributed by atoms with Gasteiger partial charge in [0.1, 0.15) is 0 Å². The Morgan fingerprint density at radius 1 is 1.22 bits per heavy atom.